The first-order valence-electron chi connectivity index (χ1n) is 9.05. The van der Waals surface area contributed by atoms with E-state index in [4.69, 9.17) is 0 Å². The van der Waals surface area contributed by atoms with E-state index in [-0.39, 0.29) is 18.0 Å². The van der Waals surface area contributed by atoms with Crippen LogP contribution in [-0.2, 0) is 11.3 Å². The molecule has 1 aromatic rings. The zero-order valence-electron chi connectivity index (χ0n) is 14.6. The number of carbonyl (C=O) groups excluding carboxylic acids is 2. The molecule has 1 unspecified atom stereocenters. The number of quaternary nitrogens is 1. The van der Waals surface area contributed by atoms with Crippen LogP contribution < -0.4 is 15.5 Å². The highest BCUT2D eigenvalue weighted by molar-refractivity contribution is 5.94. The van der Waals surface area contributed by atoms with Crippen LogP contribution in [0.1, 0.15) is 56.6 Å². The van der Waals surface area contributed by atoms with E-state index < -0.39 is 0 Å². The second-order valence-corrected chi connectivity index (χ2v) is 7.48. The molecule has 0 spiro atoms. The van der Waals surface area contributed by atoms with Gasteiger partial charge < -0.3 is 10.2 Å². The van der Waals surface area contributed by atoms with Crippen LogP contribution in [0.2, 0.25) is 0 Å². The second kappa shape index (κ2) is 7.34. The summed E-state index contributed by atoms with van der Waals surface area (Å²) in [5, 5.41) is 5.25. The molecular formula is C19H28N3O2+. The quantitative estimate of drug-likeness (QED) is 0.707. The van der Waals surface area contributed by atoms with Gasteiger partial charge in [-0.25, -0.2) is 4.79 Å². The van der Waals surface area contributed by atoms with Gasteiger partial charge in [-0.05, 0) is 24.3 Å². The maximum absolute atomic E-state index is 12.1. The van der Waals surface area contributed by atoms with E-state index in [0.29, 0.717) is 18.5 Å². The van der Waals surface area contributed by atoms with Crippen molar-refractivity contribution in [3.05, 3.63) is 35.4 Å². The van der Waals surface area contributed by atoms with Crippen molar-refractivity contribution in [2.75, 3.05) is 6.54 Å². The molecule has 2 aliphatic carbocycles. The van der Waals surface area contributed by atoms with Gasteiger partial charge in [-0.2, -0.15) is 0 Å². The summed E-state index contributed by atoms with van der Waals surface area (Å²) in [5.74, 6) is 0.343. The molecule has 1 atom stereocenters. The van der Waals surface area contributed by atoms with Gasteiger partial charge in [0, 0.05) is 24.4 Å². The number of hydrogen-bond acceptors (Lipinski definition) is 2. The zero-order valence-corrected chi connectivity index (χ0v) is 14.6. The van der Waals surface area contributed by atoms with Crippen molar-refractivity contribution >= 4 is 11.9 Å². The van der Waals surface area contributed by atoms with E-state index in [1.54, 1.807) is 0 Å². The molecular weight excluding hydrogens is 302 g/mol. The van der Waals surface area contributed by atoms with Crippen LogP contribution in [0.25, 0.3) is 0 Å². The number of urea groups is 1. The largest absolute Gasteiger partial charge is 0.335 e. The van der Waals surface area contributed by atoms with Gasteiger partial charge in [-0.3, -0.25) is 10.1 Å². The third-order valence-electron chi connectivity index (χ3n) is 4.79. The minimum absolute atomic E-state index is 0.186. The fourth-order valence-corrected chi connectivity index (χ4v) is 2.95. The number of nitrogens with one attached hydrogen (secondary N) is 3. The second-order valence-electron chi connectivity index (χ2n) is 7.48. The van der Waals surface area contributed by atoms with Crippen molar-refractivity contribution in [1.29, 1.82) is 0 Å². The molecule has 2 fully saturated rings. The molecule has 24 heavy (non-hydrogen) atoms. The highest BCUT2D eigenvalue weighted by Crippen LogP contribution is 2.18. The van der Waals surface area contributed by atoms with E-state index in [1.165, 1.54) is 28.9 Å². The summed E-state index contributed by atoms with van der Waals surface area (Å²) in [5.41, 5.74) is 2.58. The Hall–Kier alpha value is -1.88. The first-order chi connectivity index (χ1) is 11.5. The average Bonchev–Trinajstić information content (AvgIpc) is 3.41. The van der Waals surface area contributed by atoms with Crippen molar-refractivity contribution in [2.24, 2.45) is 0 Å². The third kappa shape index (κ3) is 5.06. The molecule has 0 aliphatic heterocycles. The predicted octanol–water partition coefficient (Wildman–Crippen LogP) is 1.35. The number of imide groups is 1. The molecule has 3 rings (SSSR count). The van der Waals surface area contributed by atoms with Crippen LogP contribution in [-0.4, -0.2) is 30.6 Å². The van der Waals surface area contributed by atoms with E-state index in [0.717, 1.165) is 19.4 Å². The van der Waals surface area contributed by atoms with Gasteiger partial charge >= 0.3 is 6.03 Å². The Morgan fingerprint density at radius 1 is 1.12 bits per heavy atom. The molecule has 2 saturated carbocycles. The van der Waals surface area contributed by atoms with E-state index in [2.05, 4.69) is 48.7 Å². The minimum atomic E-state index is -0.348. The van der Waals surface area contributed by atoms with Gasteiger partial charge in [0.25, 0.3) is 5.91 Å². The number of benzene rings is 1. The SMILES string of the molecule is CC(C)c1ccc(C[NH+](CC(=O)NC(=O)NC2CC2)C2CC2)cc1. The summed E-state index contributed by atoms with van der Waals surface area (Å²) in [7, 11) is 0. The molecule has 3 N–H and O–H groups in total. The topological polar surface area (TPSA) is 62.6 Å². The first-order valence-corrected chi connectivity index (χ1v) is 9.05. The predicted molar refractivity (Wildman–Crippen MR) is 92.8 cm³/mol. The third-order valence-corrected chi connectivity index (χ3v) is 4.79. The Morgan fingerprint density at radius 2 is 1.79 bits per heavy atom. The number of hydrogen-bond donors (Lipinski definition) is 3. The lowest BCUT2D eigenvalue weighted by atomic mass is 10.0. The van der Waals surface area contributed by atoms with Crippen LogP contribution >= 0.6 is 0 Å². The lowest BCUT2D eigenvalue weighted by molar-refractivity contribution is -0.917. The Labute approximate surface area is 143 Å². The maximum Gasteiger partial charge on any atom is 0.321 e. The van der Waals surface area contributed by atoms with E-state index in [9.17, 15) is 9.59 Å². The van der Waals surface area contributed by atoms with Gasteiger partial charge in [0.05, 0.1) is 6.04 Å². The van der Waals surface area contributed by atoms with E-state index >= 15 is 0 Å². The standard InChI is InChI=1S/C19H27N3O2/c1-13(2)15-5-3-14(4-6-15)11-22(17-9-10-17)12-18(23)21-19(24)20-16-7-8-16/h3-6,13,16-17H,7-12H2,1-2H3,(H2,20,21,23,24)/p+1. The first kappa shape index (κ1) is 17.0. The Bertz CT molecular complexity index is 589. The minimum Gasteiger partial charge on any atom is -0.335 e. The molecule has 0 bridgehead atoms. The Morgan fingerprint density at radius 3 is 2.33 bits per heavy atom. The van der Waals surface area contributed by atoms with Crippen LogP contribution in [0.5, 0.6) is 0 Å². The van der Waals surface area contributed by atoms with Crippen molar-refractivity contribution in [3.63, 3.8) is 0 Å². The summed E-state index contributed by atoms with van der Waals surface area (Å²) >= 11 is 0. The van der Waals surface area contributed by atoms with Gasteiger partial charge in [0.15, 0.2) is 6.54 Å². The summed E-state index contributed by atoms with van der Waals surface area (Å²) in [4.78, 5) is 25.1. The summed E-state index contributed by atoms with van der Waals surface area (Å²) in [6, 6.07) is 9.14. The monoisotopic (exact) mass is 330 g/mol. The van der Waals surface area contributed by atoms with Crippen molar-refractivity contribution in [3.8, 4) is 0 Å². The molecule has 0 saturated heterocycles. The molecule has 1 aromatic carbocycles. The maximum atomic E-state index is 12.1. The zero-order chi connectivity index (χ0) is 17.1. The number of rotatable bonds is 7. The molecule has 0 radical (unpaired) electrons. The Kier molecular flexibility index (Phi) is 5.19. The van der Waals surface area contributed by atoms with Gasteiger partial charge in [0.2, 0.25) is 0 Å². The highest BCUT2D eigenvalue weighted by atomic mass is 16.2. The van der Waals surface area contributed by atoms with Crippen LogP contribution in [0, 0.1) is 0 Å². The fourth-order valence-electron chi connectivity index (χ4n) is 2.95. The summed E-state index contributed by atoms with van der Waals surface area (Å²) < 4.78 is 0. The molecule has 3 amide bonds. The van der Waals surface area contributed by atoms with Gasteiger partial charge in [-0.1, -0.05) is 38.1 Å². The van der Waals surface area contributed by atoms with Gasteiger partial charge in [-0.15, -0.1) is 0 Å². The molecule has 2 aliphatic rings. The van der Waals surface area contributed by atoms with Crippen LogP contribution in [0.15, 0.2) is 24.3 Å². The molecule has 130 valence electrons. The molecule has 0 heterocycles. The van der Waals surface area contributed by atoms with Gasteiger partial charge in [0.1, 0.15) is 6.54 Å². The highest BCUT2D eigenvalue weighted by Gasteiger charge is 2.35. The van der Waals surface area contributed by atoms with Crippen molar-refractivity contribution < 1.29 is 14.5 Å². The van der Waals surface area contributed by atoms with Crippen LogP contribution in [0.3, 0.4) is 0 Å². The summed E-state index contributed by atoms with van der Waals surface area (Å²) in [6.07, 6.45) is 4.38. The number of amides is 3. The van der Waals surface area contributed by atoms with Crippen molar-refractivity contribution in [1.82, 2.24) is 10.6 Å². The lowest BCUT2D eigenvalue weighted by Gasteiger charge is -2.19. The van der Waals surface area contributed by atoms with Crippen molar-refractivity contribution in [2.45, 2.75) is 64.1 Å². The fraction of sp³-hybridized carbons (Fsp3) is 0.579. The smallest absolute Gasteiger partial charge is 0.321 e. The lowest BCUT2D eigenvalue weighted by Crippen LogP contribution is -3.13. The van der Waals surface area contributed by atoms with Crippen LogP contribution in [0.4, 0.5) is 4.79 Å². The van der Waals surface area contributed by atoms with E-state index in [1.807, 2.05) is 0 Å². The average molecular weight is 330 g/mol. The number of carbonyl (C=O) groups is 2. The molecule has 5 heteroatoms. The normalized spacial score (nSPS) is 18.3. The molecule has 5 nitrogen and oxygen atoms in total. The molecule has 0 aromatic heterocycles. The Balaban J connectivity index is 1.52. The summed E-state index contributed by atoms with van der Waals surface area (Å²) in [6.45, 7) is 5.57.